The Kier molecular flexibility index (Phi) is 4.46. The molecule has 3 nitrogen and oxygen atoms in total. The first-order chi connectivity index (χ1) is 8.60. The average molecular weight is 251 g/mol. The van der Waals surface area contributed by atoms with Crippen LogP contribution in [0.4, 0.5) is 0 Å². The minimum absolute atomic E-state index is 0.165. The summed E-state index contributed by atoms with van der Waals surface area (Å²) in [5, 5.41) is 10.5. The van der Waals surface area contributed by atoms with E-state index < -0.39 is 0 Å². The Hall–Kier alpha value is -0.800. The molecule has 0 amide bonds. The molecular formula is C15H25NO2. The first-order valence-corrected chi connectivity index (χ1v) is 7.05. The molecule has 0 aromatic carbocycles. The highest BCUT2D eigenvalue weighted by molar-refractivity contribution is 5.09. The lowest BCUT2D eigenvalue weighted by molar-refractivity contribution is -0.00792. The van der Waals surface area contributed by atoms with Gasteiger partial charge in [-0.05, 0) is 51.4 Å². The highest BCUT2D eigenvalue weighted by Crippen LogP contribution is 2.25. The van der Waals surface area contributed by atoms with Gasteiger partial charge in [0.15, 0.2) is 0 Å². The SMILES string of the molecule is CC(C)(C(O)Cc1ccoc1)N1CCCCCC1. The fourth-order valence-corrected chi connectivity index (χ4v) is 2.74. The predicted octanol–water partition coefficient (Wildman–Crippen LogP) is 2.84. The van der Waals surface area contributed by atoms with E-state index >= 15 is 0 Å². The monoisotopic (exact) mass is 251 g/mol. The predicted molar refractivity (Wildman–Crippen MR) is 72.5 cm³/mol. The summed E-state index contributed by atoms with van der Waals surface area (Å²) < 4.78 is 5.07. The van der Waals surface area contributed by atoms with E-state index in [2.05, 4.69) is 18.7 Å². The fourth-order valence-electron chi connectivity index (χ4n) is 2.74. The first kappa shape index (κ1) is 13.6. The third-order valence-electron chi connectivity index (χ3n) is 4.25. The van der Waals surface area contributed by atoms with Gasteiger partial charge in [-0.15, -0.1) is 0 Å². The number of aliphatic hydroxyl groups excluding tert-OH is 1. The Morgan fingerprint density at radius 3 is 2.50 bits per heavy atom. The molecule has 102 valence electrons. The molecule has 0 aliphatic carbocycles. The van der Waals surface area contributed by atoms with Crippen molar-refractivity contribution in [2.75, 3.05) is 13.1 Å². The number of hydrogen-bond donors (Lipinski definition) is 1. The van der Waals surface area contributed by atoms with Gasteiger partial charge in [-0.3, -0.25) is 4.90 Å². The zero-order chi connectivity index (χ0) is 13.0. The zero-order valence-corrected chi connectivity index (χ0v) is 11.6. The molecule has 1 N–H and O–H groups in total. The van der Waals surface area contributed by atoms with Gasteiger partial charge in [0, 0.05) is 12.0 Å². The number of furan rings is 1. The van der Waals surface area contributed by atoms with Crippen LogP contribution in [0.15, 0.2) is 23.0 Å². The summed E-state index contributed by atoms with van der Waals surface area (Å²) in [5.74, 6) is 0. The van der Waals surface area contributed by atoms with Gasteiger partial charge in [0.05, 0.1) is 18.6 Å². The van der Waals surface area contributed by atoms with Crippen LogP contribution in [0.2, 0.25) is 0 Å². The normalized spacial score (nSPS) is 20.6. The van der Waals surface area contributed by atoms with Crippen molar-refractivity contribution in [3.63, 3.8) is 0 Å². The maximum Gasteiger partial charge on any atom is 0.0935 e. The van der Waals surface area contributed by atoms with Crippen molar-refractivity contribution < 1.29 is 9.52 Å². The van der Waals surface area contributed by atoms with Crippen molar-refractivity contribution in [3.05, 3.63) is 24.2 Å². The number of aliphatic hydroxyl groups is 1. The summed E-state index contributed by atoms with van der Waals surface area (Å²) in [6.07, 6.45) is 8.86. The second-order valence-electron chi connectivity index (χ2n) is 5.91. The summed E-state index contributed by atoms with van der Waals surface area (Å²) in [4.78, 5) is 2.45. The molecule has 3 heteroatoms. The van der Waals surface area contributed by atoms with Crippen molar-refractivity contribution in [3.8, 4) is 0 Å². The summed E-state index contributed by atoms with van der Waals surface area (Å²) in [7, 11) is 0. The van der Waals surface area contributed by atoms with Crippen LogP contribution < -0.4 is 0 Å². The number of likely N-dealkylation sites (tertiary alicyclic amines) is 1. The third kappa shape index (κ3) is 3.15. The highest BCUT2D eigenvalue weighted by atomic mass is 16.3. The van der Waals surface area contributed by atoms with Crippen LogP contribution in [0.1, 0.15) is 45.1 Å². The van der Waals surface area contributed by atoms with Gasteiger partial charge in [-0.1, -0.05) is 12.8 Å². The first-order valence-electron chi connectivity index (χ1n) is 7.05. The lowest BCUT2D eigenvalue weighted by Crippen LogP contribution is -2.53. The quantitative estimate of drug-likeness (QED) is 0.894. The van der Waals surface area contributed by atoms with Crippen LogP contribution >= 0.6 is 0 Å². The molecule has 1 aromatic heterocycles. The molecule has 1 aliphatic rings. The summed E-state index contributed by atoms with van der Waals surface area (Å²) in [6.45, 7) is 6.52. The van der Waals surface area contributed by atoms with Gasteiger partial charge < -0.3 is 9.52 Å². The summed E-state index contributed by atoms with van der Waals surface area (Å²) in [6, 6.07) is 1.93. The van der Waals surface area contributed by atoms with Gasteiger partial charge in [-0.2, -0.15) is 0 Å². The maximum absolute atomic E-state index is 10.5. The van der Waals surface area contributed by atoms with E-state index in [1.165, 1.54) is 25.7 Å². The van der Waals surface area contributed by atoms with Crippen LogP contribution in [0, 0.1) is 0 Å². The summed E-state index contributed by atoms with van der Waals surface area (Å²) in [5.41, 5.74) is 0.909. The molecule has 1 aliphatic heterocycles. The molecule has 0 radical (unpaired) electrons. The lowest BCUT2D eigenvalue weighted by Gasteiger charge is -2.41. The molecular weight excluding hydrogens is 226 g/mol. The second kappa shape index (κ2) is 5.89. The minimum atomic E-state index is -0.354. The van der Waals surface area contributed by atoms with E-state index in [1.54, 1.807) is 12.5 Å². The lowest BCUT2D eigenvalue weighted by atomic mass is 9.90. The highest BCUT2D eigenvalue weighted by Gasteiger charge is 2.34. The van der Waals surface area contributed by atoms with Crippen LogP contribution in [-0.2, 0) is 6.42 Å². The Morgan fingerprint density at radius 1 is 1.28 bits per heavy atom. The Labute approximate surface area is 110 Å². The van der Waals surface area contributed by atoms with Crippen LogP contribution in [0.5, 0.6) is 0 Å². The molecule has 1 saturated heterocycles. The molecule has 0 bridgehead atoms. The molecule has 1 fully saturated rings. The van der Waals surface area contributed by atoms with Gasteiger partial charge >= 0.3 is 0 Å². The van der Waals surface area contributed by atoms with Gasteiger partial charge in [0.1, 0.15) is 0 Å². The minimum Gasteiger partial charge on any atom is -0.472 e. The van der Waals surface area contributed by atoms with Crippen molar-refractivity contribution in [1.29, 1.82) is 0 Å². The van der Waals surface area contributed by atoms with Crippen molar-refractivity contribution >= 4 is 0 Å². The molecule has 1 aromatic rings. The van der Waals surface area contributed by atoms with Crippen molar-refractivity contribution in [2.45, 2.75) is 57.6 Å². The molecule has 18 heavy (non-hydrogen) atoms. The van der Waals surface area contributed by atoms with Crippen LogP contribution in [-0.4, -0.2) is 34.7 Å². The van der Waals surface area contributed by atoms with Gasteiger partial charge in [0.2, 0.25) is 0 Å². The van der Waals surface area contributed by atoms with E-state index in [1.807, 2.05) is 6.07 Å². The largest absolute Gasteiger partial charge is 0.472 e. The van der Waals surface area contributed by atoms with E-state index in [9.17, 15) is 5.11 Å². The van der Waals surface area contributed by atoms with E-state index in [0.717, 1.165) is 18.7 Å². The molecule has 0 spiro atoms. The number of hydrogen-bond acceptors (Lipinski definition) is 3. The molecule has 2 rings (SSSR count). The maximum atomic E-state index is 10.5. The standard InChI is InChI=1S/C15H25NO2/c1-15(2,16-8-5-3-4-6-9-16)14(17)11-13-7-10-18-12-13/h7,10,12,14,17H,3-6,8-9,11H2,1-2H3. The van der Waals surface area contributed by atoms with Crippen LogP contribution in [0.3, 0.4) is 0 Å². The third-order valence-corrected chi connectivity index (χ3v) is 4.25. The Bertz CT molecular complexity index is 337. The smallest absolute Gasteiger partial charge is 0.0935 e. The van der Waals surface area contributed by atoms with E-state index in [0.29, 0.717) is 6.42 Å². The average Bonchev–Trinajstić information content (AvgIpc) is 2.68. The van der Waals surface area contributed by atoms with Gasteiger partial charge in [0.25, 0.3) is 0 Å². The zero-order valence-electron chi connectivity index (χ0n) is 11.6. The topological polar surface area (TPSA) is 36.6 Å². The Morgan fingerprint density at radius 2 is 1.94 bits per heavy atom. The number of rotatable bonds is 4. The second-order valence-corrected chi connectivity index (χ2v) is 5.91. The number of nitrogens with zero attached hydrogens (tertiary/aromatic N) is 1. The van der Waals surface area contributed by atoms with Crippen molar-refractivity contribution in [1.82, 2.24) is 4.90 Å². The van der Waals surface area contributed by atoms with Gasteiger partial charge in [-0.25, -0.2) is 0 Å². The molecule has 1 atom stereocenters. The Balaban J connectivity index is 1.99. The molecule has 2 heterocycles. The van der Waals surface area contributed by atoms with Crippen molar-refractivity contribution in [2.24, 2.45) is 0 Å². The van der Waals surface area contributed by atoms with E-state index in [-0.39, 0.29) is 11.6 Å². The van der Waals surface area contributed by atoms with Crippen LogP contribution in [0.25, 0.3) is 0 Å². The fraction of sp³-hybridized carbons (Fsp3) is 0.733. The van der Waals surface area contributed by atoms with E-state index in [4.69, 9.17) is 4.42 Å². The molecule has 1 unspecified atom stereocenters. The molecule has 0 saturated carbocycles. The summed E-state index contributed by atoms with van der Waals surface area (Å²) >= 11 is 0.